The normalized spacial score (nSPS) is 23.7. The molecule has 26 heteroatoms. The first-order valence-electron chi connectivity index (χ1n) is 59.7. The molecule has 7 saturated carbocycles. The zero-order chi connectivity index (χ0) is 108. The predicted octanol–water partition coefficient (Wildman–Crippen LogP) is 24.0. The largest absolute Gasteiger partial charge is 0.481 e. The number of esters is 7. The van der Waals surface area contributed by atoms with E-state index in [-0.39, 0.29) is 72.9 Å². The summed E-state index contributed by atoms with van der Waals surface area (Å²) in [6, 6.07) is 0. The van der Waals surface area contributed by atoms with Gasteiger partial charge in [-0.25, -0.2) is 23.1 Å². The van der Waals surface area contributed by atoms with Crippen molar-refractivity contribution in [2.45, 2.75) is 450 Å². The summed E-state index contributed by atoms with van der Waals surface area (Å²) in [6.45, 7) is 40.3. The second-order valence-corrected chi connectivity index (χ2v) is 44.4. The van der Waals surface area contributed by atoms with Gasteiger partial charge in [0.1, 0.15) is 69.7 Å². The molecule has 0 aromatic heterocycles. The van der Waals surface area contributed by atoms with Crippen LogP contribution in [0.15, 0.2) is 35.7 Å². The Labute approximate surface area is 903 Å². The molecule has 0 amide bonds. The van der Waals surface area contributed by atoms with Gasteiger partial charge < -0.3 is 53.4 Å². The molecule has 26 nitrogen and oxygen atoms in total. The summed E-state index contributed by atoms with van der Waals surface area (Å²) < 4.78 is 44.0. The molecule has 0 spiro atoms. The SMILES string of the molecule is C.C/C=C\C(=O)OC.C1=C(N2CCCC2)CCCC1.C1=C(N2CCCC2)CCCC1.C1CCNC1.CC(=O)O.CCOC(=O)CC(C)C1CCCCC1=O.CCOC(=O)CC(C)C1CCCCC1=[N+]1CCCC1.CCOC(=O)CC(C)C1CCCCC1=[N+]1CCCC1.COC(=O)CC(C)C1CCCCC1=O.COC(=O)CC(C)C1CCCCC1=[N+]1CCCC1.COC(=O)CC(C)C1CCCCC1=[N+]1CCCC1.O=C1CCCCC1. The van der Waals surface area contributed by atoms with Crippen LogP contribution < -0.4 is 5.32 Å². The number of nitrogens with one attached hydrogen (secondary N) is 1. The molecule has 149 heavy (non-hydrogen) atoms. The summed E-state index contributed by atoms with van der Waals surface area (Å²) in [6.07, 6.45) is 74.4. The van der Waals surface area contributed by atoms with Crippen molar-refractivity contribution in [3.8, 4) is 0 Å². The summed E-state index contributed by atoms with van der Waals surface area (Å²) >= 11 is 0. The third-order valence-corrected chi connectivity index (χ3v) is 32.8. The lowest BCUT2D eigenvalue weighted by Gasteiger charge is -2.27. The quantitative estimate of drug-likeness (QED) is 0.0392. The number of hydrogen-bond acceptors (Lipinski definition) is 21. The molecule has 7 saturated heterocycles. The van der Waals surface area contributed by atoms with Crippen LogP contribution in [0.1, 0.15) is 450 Å². The maximum atomic E-state index is 11.7. The van der Waals surface area contributed by atoms with Crippen LogP contribution in [0.5, 0.6) is 0 Å². The highest BCUT2D eigenvalue weighted by Gasteiger charge is 2.41. The molecule has 0 aromatic rings. The van der Waals surface area contributed by atoms with E-state index in [1.54, 1.807) is 54.2 Å². The third kappa shape index (κ3) is 54.7. The molecule has 7 aliphatic heterocycles. The Balaban J connectivity index is 0.000000345. The van der Waals surface area contributed by atoms with Gasteiger partial charge in [0.2, 0.25) is 0 Å². The van der Waals surface area contributed by atoms with Crippen molar-refractivity contribution in [3.63, 3.8) is 0 Å². The fourth-order valence-electron chi connectivity index (χ4n) is 24.7. The molecule has 14 fully saturated rings. The van der Waals surface area contributed by atoms with Crippen molar-refractivity contribution in [3.05, 3.63) is 35.7 Å². The molecule has 16 aliphatic rings. The first-order valence-corrected chi connectivity index (χ1v) is 59.7. The molecule has 852 valence electrons. The van der Waals surface area contributed by atoms with Gasteiger partial charge in [0.05, 0.1) is 48.3 Å². The van der Waals surface area contributed by atoms with Gasteiger partial charge in [-0.2, -0.15) is 0 Å². The van der Waals surface area contributed by atoms with Gasteiger partial charge in [-0.1, -0.05) is 112 Å². The number of carboxylic acid groups (broad SMARTS) is 1. The molecule has 12 unspecified atom stereocenters. The number of rotatable bonds is 24. The number of ether oxygens (including phenoxy) is 7. The average molecular weight is 2100 g/mol. The van der Waals surface area contributed by atoms with Gasteiger partial charge in [-0.15, -0.1) is 0 Å². The maximum absolute atomic E-state index is 11.7. The summed E-state index contributed by atoms with van der Waals surface area (Å²) in [5.74, 6) is 3.99. The minimum Gasteiger partial charge on any atom is -0.481 e. The van der Waals surface area contributed by atoms with Crippen LogP contribution in [-0.2, 0) is 85.9 Å². The number of allylic oxidation sites excluding steroid dienone is 5. The van der Waals surface area contributed by atoms with Crippen LogP contribution in [0.4, 0.5) is 0 Å². The van der Waals surface area contributed by atoms with Crippen molar-refractivity contribution < 1.29 is 109 Å². The van der Waals surface area contributed by atoms with Gasteiger partial charge in [0, 0.05) is 227 Å². The van der Waals surface area contributed by atoms with E-state index in [2.05, 4.69) is 82.7 Å². The number of hydrogen-bond donors (Lipinski definition) is 2. The number of carbonyl (C=O) groups excluding carboxylic acids is 10. The molecule has 12 atom stereocenters. The number of aliphatic carboxylic acids is 1. The molecular formula is C123H215N7O19+4. The minimum atomic E-state index is -0.833. The van der Waals surface area contributed by atoms with Gasteiger partial charge in [0.25, 0.3) is 5.97 Å². The standard InChI is InChI=1S/2C16H28NO2.2C15H26NO2.C12H20O3.C11H18O3.2C10H17N.C6H10O.C5H8O2.C4H9N.C2H4O2.CH4/c2*1-3-19-16(18)12-13(2)14-8-4-5-9-15(14)17-10-6-7-11-17;2*1-12(11-15(17)18-2)13-7-3-4-8-14(13)16-9-5-6-10-16;1-3-15-12(14)8-9(2)10-6-4-5-7-11(10)13;1-8(7-11(13)14-2)9-5-3-4-6-10(9)12;2*1-2-6-10(7-3-1)11-8-4-5-9-11;7-6-4-2-1-3-5-6;1-3-4-5(6)7-2;1-2-4-5-3-1;1-2(3)4;/h2*13-14H,3-12H2,1-2H3;2*12-13H,3-11H2,1-2H3;9-10H,3-8H2,1-2H3;8-9H,3-7H2,1-2H3;2*6H,1-5,7-9H2;1-5H2;3-4H,1-2H3;5H,1-4H2;1H3,(H,3,4);1H4/q4*+1;;;;;;;;;/b;;;;;;;;;4-3-;;;. The van der Waals surface area contributed by atoms with E-state index in [1.807, 2.05) is 27.7 Å². The Hall–Kier alpha value is -7.77. The lowest BCUT2D eigenvalue weighted by atomic mass is 9.77. The molecule has 9 aliphatic carbocycles. The Bertz CT molecular complexity index is 3870. The van der Waals surface area contributed by atoms with Crippen LogP contribution in [0.25, 0.3) is 0 Å². The molecule has 7 heterocycles. The van der Waals surface area contributed by atoms with E-state index >= 15 is 0 Å². The Kier molecular flexibility index (Phi) is 72.5. The fourth-order valence-corrected chi connectivity index (χ4v) is 24.7. The summed E-state index contributed by atoms with van der Waals surface area (Å²) in [5, 5.41) is 10.6. The maximum Gasteiger partial charge on any atom is 0.330 e. The lowest BCUT2D eigenvalue weighted by molar-refractivity contribution is -0.510. The minimum absolute atomic E-state index is 0. The number of carboxylic acids is 1. The zero-order valence-electron chi connectivity index (χ0n) is 96.0. The molecule has 16 rings (SSSR count). The second kappa shape index (κ2) is 81.0. The number of ketones is 3. The number of methoxy groups -OCH3 is 4. The Morgan fingerprint density at radius 3 is 0.792 bits per heavy atom. The lowest BCUT2D eigenvalue weighted by Crippen LogP contribution is -2.34. The van der Waals surface area contributed by atoms with Crippen molar-refractivity contribution in [2.24, 2.45) is 71.0 Å². The molecule has 2 N–H and O–H groups in total. The van der Waals surface area contributed by atoms with Crippen LogP contribution >= 0.6 is 0 Å². The highest BCUT2D eigenvalue weighted by atomic mass is 16.5. The van der Waals surface area contributed by atoms with Crippen LogP contribution in [-0.4, -0.2) is 261 Å². The van der Waals surface area contributed by atoms with Gasteiger partial charge in [-0.3, -0.25) is 47.9 Å². The van der Waals surface area contributed by atoms with Crippen LogP contribution in [0.2, 0.25) is 0 Å². The third-order valence-electron chi connectivity index (χ3n) is 32.8. The average Bonchev–Trinajstić information content (AvgIpc) is 1.74. The number of likely N-dealkylation sites (tertiary alicyclic amines) is 2. The highest BCUT2D eigenvalue weighted by molar-refractivity contribution is 5.87. The van der Waals surface area contributed by atoms with E-state index in [4.69, 9.17) is 33.6 Å². The Morgan fingerprint density at radius 2 is 0.584 bits per heavy atom. The smallest absolute Gasteiger partial charge is 0.330 e. The van der Waals surface area contributed by atoms with Crippen LogP contribution in [0, 0.1) is 71.0 Å². The predicted molar refractivity (Wildman–Crippen MR) is 599 cm³/mol. The Morgan fingerprint density at radius 1 is 0.336 bits per heavy atom. The molecule has 0 bridgehead atoms. The van der Waals surface area contributed by atoms with E-state index in [0.717, 1.165) is 71.1 Å². The van der Waals surface area contributed by atoms with Crippen molar-refractivity contribution >= 4 is 88.0 Å². The molecule has 0 aromatic carbocycles. The first-order chi connectivity index (χ1) is 71.5. The monoisotopic (exact) mass is 2090 g/mol. The topological polar surface area (TPSA) is 303 Å². The van der Waals surface area contributed by atoms with E-state index < -0.39 is 5.97 Å². The first kappa shape index (κ1) is 134. The molecular weight excluding hydrogens is 1880 g/mol. The number of nitrogens with zero attached hydrogens (tertiary/aromatic N) is 6. The highest BCUT2D eigenvalue weighted by Crippen LogP contribution is 2.38. The van der Waals surface area contributed by atoms with Crippen molar-refractivity contribution in [1.29, 1.82) is 0 Å². The van der Waals surface area contributed by atoms with Gasteiger partial charge in [-0.05, 0) is 256 Å². The summed E-state index contributed by atoms with van der Waals surface area (Å²) in [4.78, 5) is 126. The number of Topliss-reactive ketones (excluding diaryl/α,β-unsaturated/α-hetero) is 3. The second-order valence-electron chi connectivity index (χ2n) is 44.4. The van der Waals surface area contributed by atoms with Crippen molar-refractivity contribution in [2.75, 3.05) is 140 Å². The van der Waals surface area contributed by atoms with Gasteiger partial charge in [0.15, 0.2) is 22.8 Å². The van der Waals surface area contributed by atoms with E-state index in [9.17, 15) is 47.9 Å². The molecule has 0 radical (unpaired) electrons. The summed E-state index contributed by atoms with van der Waals surface area (Å²) in [5.41, 5.74) is 9.84. The fraction of sp³-hybridized carbons (Fsp3) is 0.829. The van der Waals surface area contributed by atoms with E-state index in [1.165, 1.54) is 377 Å². The van der Waals surface area contributed by atoms with E-state index in [0.29, 0.717) is 136 Å². The van der Waals surface area contributed by atoms with Crippen LogP contribution in [0.3, 0.4) is 0 Å². The zero-order valence-corrected chi connectivity index (χ0v) is 96.0. The summed E-state index contributed by atoms with van der Waals surface area (Å²) in [7, 11) is 5.71. The van der Waals surface area contributed by atoms with Crippen molar-refractivity contribution in [1.82, 2.24) is 15.1 Å². The number of carbonyl (C=O) groups is 11. The van der Waals surface area contributed by atoms with Gasteiger partial charge >= 0.3 is 41.8 Å².